The minimum Gasteiger partial charge on any atom is -0.376 e. The Bertz CT molecular complexity index is 291. The fourth-order valence-electron chi connectivity index (χ4n) is 1.78. The summed E-state index contributed by atoms with van der Waals surface area (Å²) in [5, 5.41) is 0. The lowest BCUT2D eigenvalue weighted by molar-refractivity contribution is 0.0899. The number of rotatable bonds is 2. The second kappa shape index (κ2) is 4.07. The van der Waals surface area contributed by atoms with Gasteiger partial charge in [0.25, 0.3) is 0 Å². The molecule has 2 atom stereocenters. The maximum atomic E-state index is 6.09. The van der Waals surface area contributed by atoms with E-state index in [0.717, 1.165) is 30.7 Å². The second-order valence-corrected chi connectivity index (χ2v) is 3.81. The largest absolute Gasteiger partial charge is 0.376 e. The van der Waals surface area contributed by atoms with Gasteiger partial charge in [0.2, 0.25) is 0 Å². The number of aromatic nitrogens is 1. The Labute approximate surface area is 84.3 Å². The third-order valence-corrected chi connectivity index (χ3v) is 2.68. The van der Waals surface area contributed by atoms with E-state index in [1.807, 2.05) is 25.3 Å². The monoisotopic (exact) mass is 192 g/mol. The van der Waals surface area contributed by atoms with Gasteiger partial charge in [-0.15, -0.1) is 0 Å². The Hall–Kier alpha value is -0.930. The van der Waals surface area contributed by atoms with E-state index in [1.165, 1.54) is 0 Å². The van der Waals surface area contributed by atoms with Gasteiger partial charge in [-0.05, 0) is 31.4 Å². The molecule has 1 aromatic heterocycles. The number of pyridine rings is 1. The van der Waals surface area contributed by atoms with Crippen molar-refractivity contribution >= 4 is 0 Å². The van der Waals surface area contributed by atoms with Crippen LogP contribution in [0.15, 0.2) is 18.3 Å². The van der Waals surface area contributed by atoms with Crippen LogP contribution < -0.4 is 5.73 Å². The molecule has 0 spiro atoms. The fourth-order valence-corrected chi connectivity index (χ4v) is 1.78. The van der Waals surface area contributed by atoms with Crippen molar-refractivity contribution in [2.75, 3.05) is 6.61 Å². The molecule has 3 heteroatoms. The first-order valence-electron chi connectivity index (χ1n) is 5.07. The molecule has 2 rings (SSSR count). The Morgan fingerprint density at radius 1 is 1.57 bits per heavy atom. The highest BCUT2D eigenvalue weighted by molar-refractivity contribution is 5.18. The summed E-state index contributed by atoms with van der Waals surface area (Å²) in [6.07, 6.45) is 4.22. The van der Waals surface area contributed by atoms with Crippen LogP contribution in [-0.4, -0.2) is 17.7 Å². The summed E-state index contributed by atoms with van der Waals surface area (Å²) in [6.45, 7) is 2.82. The molecule has 1 aliphatic heterocycles. The van der Waals surface area contributed by atoms with Crippen LogP contribution in [0.5, 0.6) is 0 Å². The summed E-state index contributed by atoms with van der Waals surface area (Å²) >= 11 is 0. The van der Waals surface area contributed by atoms with Crippen molar-refractivity contribution in [3.05, 3.63) is 29.6 Å². The molecular weight excluding hydrogens is 176 g/mol. The van der Waals surface area contributed by atoms with E-state index in [0.29, 0.717) is 0 Å². The lowest BCUT2D eigenvalue weighted by Gasteiger charge is -2.18. The third kappa shape index (κ3) is 1.94. The maximum Gasteiger partial charge on any atom is 0.0769 e. The van der Waals surface area contributed by atoms with Crippen LogP contribution in [0.2, 0.25) is 0 Å². The fraction of sp³-hybridized carbons (Fsp3) is 0.545. The lowest BCUT2D eigenvalue weighted by Crippen LogP contribution is -2.25. The van der Waals surface area contributed by atoms with E-state index in [1.54, 1.807) is 0 Å². The van der Waals surface area contributed by atoms with Crippen LogP contribution >= 0.6 is 0 Å². The van der Waals surface area contributed by atoms with E-state index in [2.05, 4.69) is 4.98 Å². The summed E-state index contributed by atoms with van der Waals surface area (Å²) in [5.41, 5.74) is 8.18. The molecule has 0 aliphatic carbocycles. The zero-order chi connectivity index (χ0) is 9.97. The van der Waals surface area contributed by atoms with Crippen molar-refractivity contribution < 1.29 is 4.74 Å². The average Bonchev–Trinajstić information content (AvgIpc) is 2.71. The van der Waals surface area contributed by atoms with Crippen LogP contribution in [0.1, 0.15) is 30.1 Å². The van der Waals surface area contributed by atoms with E-state index in [4.69, 9.17) is 10.5 Å². The van der Waals surface area contributed by atoms with Crippen molar-refractivity contribution in [2.45, 2.75) is 31.9 Å². The van der Waals surface area contributed by atoms with Crippen molar-refractivity contribution in [2.24, 2.45) is 5.73 Å². The predicted molar refractivity (Wildman–Crippen MR) is 54.9 cm³/mol. The first-order chi connectivity index (χ1) is 6.77. The molecule has 0 radical (unpaired) electrons. The Morgan fingerprint density at radius 3 is 3.00 bits per heavy atom. The number of ether oxygens (including phenoxy) is 1. The van der Waals surface area contributed by atoms with Gasteiger partial charge in [-0.3, -0.25) is 4.98 Å². The van der Waals surface area contributed by atoms with Gasteiger partial charge in [0, 0.05) is 18.5 Å². The second-order valence-electron chi connectivity index (χ2n) is 3.81. The number of aryl methyl sites for hydroxylation is 1. The zero-order valence-electron chi connectivity index (χ0n) is 8.44. The number of nitrogens with zero attached hydrogens (tertiary/aromatic N) is 1. The molecule has 76 valence electrons. The van der Waals surface area contributed by atoms with Crippen LogP contribution in [0.25, 0.3) is 0 Å². The Kier molecular flexibility index (Phi) is 2.79. The molecule has 2 N–H and O–H groups in total. The first-order valence-corrected chi connectivity index (χ1v) is 5.07. The quantitative estimate of drug-likeness (QED) is 0.773. The minimum absolute atomic E-state index is 0.0226. The summed E-state index contributed by atoms with van der Waals surface area (Å²) in [5.74, 6) is 0. The molecule has 1 aromatic rings. The van der Waals surface area contributed by atoms with Gasteiger partial charge in [-0.1, -0.05) is 6.07 Å². The maximum absolute atomic E-state index is 6.09. The average molecular weight is 192 g/mol. The molecular formula is C11H16N2O. The molecule has 0 bridgehead atoms. The highest BCUT2D eigenvalue weighted by Crippen LogP contribution is 2.24. The summed E-state index contributed by atoms with van der Waals surface area (Å²) in [7, 11) is 0. The number of nitrogens with two attached hydrogens (primary N) is 1. The zero-order valence-corrected chi connectivity index (χ0v) is 8.44. The smallest absolute Gasteiger partial charge is 0.0769 e. The topological polar surface area (TPSA) is 48.1 Å². The summed E-state index contributed by atoms with van der Waals surface area (Å²) < 4.78 is 5.55. The Morgan fingerprint density at radius 2 is 2.43 bits per heavy atom. The van der Waals surface area contributed by atoms with Crippen molar-refractivity contribution in [3.63, 3.8) is 0 Å². The van der Waals surface area contributed by atoms with Gasteiger partial charge in [0.05, 0.1) is 12.1 Å². The number of hydrogen-bond acceptors (Lipinski definition) is 3. The first kappa shape index (κ1) is 9.62. The van der Waals surface area contributed by atoms with Gasteiger partial charge >= 0.3 is 0 Å². The van der Waals surface area contributed by atoms with Crippen molar-refractivity contribution in [3.8, 4) is 0 Å². The van der Waals surface area contributed by atoms with E-state index >= 15 is 0 Å². The van der Waals surface area contributed by atoms with Gasteiger partial charge in [0.15, 0.2) is 0 Å². The van der Waals surface area contributed by atoms with Gasteiger partial charge in [-0.2, -0.15) is 0 Å². The molecule has 0 amide bonds. The third-order valence-electron chi connectivity index (χ3n) is 2.68. The van der Waals surface area contributed by atoms with Crippen molar-refractivity contribution in [1.82, 2.24) is 4.98 Å². The van der Waals surface area contributed by atoms with Crippen molar-refractivity contribution in [1.29, 1.82) is 0 Å². The highest BCUT2D eigenvalue weighted by Gasteiger charge is 2.23. The van der Waals surface area contributed by atoms with E-state index in [-0.39, 0.29) is 12.1 Å². The molecule has 2 heterocycles. The molecule has 1 aliphatic rings. The minimum atomic E-state index is -0.0226. The molecule has 1 saturated heterocycles. The molecule has 1 fully saturated rings. The predicted octanol–water partition coefficient (Wildman–Crippen LogP) is 1.57. The van der Waals surface area contributed by atoms with Gasteiger partial charge < -0.3 is 10.5 Å². The molecule has 0 aromatic carbocycles. The molecule has 3 nitrogen and oxygen atoms in total. The molecule has 14 heavy (non-hydrogen) atoms. The summed E-state index contributed by atoms with van der Waals surface area (Å²) in [6, 6.07) is 4.00. The summed E-state index contributed by atoms with van der Waals surface area (Å²) in [4.78, 5) is 4.24. The van der Waals surface area contributed by atoms with E-state index in [9.17, 15) is 0 Å². The van der Waals surface area contributed by atoms with Crippen LogP contribution in [0, 0.1) is 6.92 Å². The standard InChI is InChI=1S/C11H16N2O/c1-8-4-5-9(7-13-8)11(12)10-3-2-6-14-10/h4-5,7,10-11H,2-3,6,12H2,1H3. The normalized spacial score (nSPS) is 23.7. The SMILES string of the molecule is Cc1ccc(C(N)C2CCCO2)cn1. The van der Waals surface area contributed by atoms with Gasteiger partial charge in [-0.25, -0.2) is 0 Å². The highest BCUT2D eigenvalue weighted by atomic mass is 16.5. The number of hydrogen-bond donors (Lipinski definition) is 1. The van der Waals surface area contributed by atoms with Gasteiger partial charge in [0.1, 0.15) is 0 Å². The molecule has 2 unspecified atom stereocenters. The van der Waals surface area contributed by atoms with Crippen LogP contribution in [-0.2, 0) is 4.74 Å². The molecule has 0 saturated carbocycles. The Balaban J connectivity index is 2.09. The lowest BCUT2D eigenvalue weighted by atomic mass is 10.0. The van der Waals surface area contributed by atoms with Crippen LogP contribution in [0.4, 0.5) is 0 Å². The van der Waals surface area contributed by atoms with E-state index < -0.39 is 0 Å². The van der Waals surface area contributed by atoms with Crippen LogP contribution in [0.3, 0.4) is 0 Å².